The van der Waals surface area contributed by atoms with Crippen LogP contribution < -0.4 is 9.47 Å². The Hall–Kier alpha value is -4.07. The Balaban J connectivity index is 1.43. The van der Waals surface area contributed by atoms with Gasteiger partial charge in [0.15, 0.2) is 17.4 Å². The molecule has 1 unspecified atom stereocenters. The number of phenols is 2. The molecule has 8 heteroatoms. The van der Waals surface area contributed by atoms with Crippen LogP contribution >= 0.6 is 0 Å². The lowest BCUT2D eigenvalue weighted by Crippen LogP contribution is -2.31. The van der Waals surface area contributed by atoms with E-state index in [4.69, 9.17) is 9.47 Å². The monoisotopic (exact) mass is 523 g/mol. The van der Waals surface area contributed by atoms with E-state index in [-0.39, 0.29) is 17.4 Å². The molecule has 3 aromatic rings. The van der Waals surface area contributed by atoms with Crippen LogP contribution in [-0.4, -0.2) is 41.0 Å². The first-order valence-corrected chi connectivity index (χ1v) is 12.4. The molecule has 3 aromatic carbocycles. The van der Waals surface area contributed by atoms with E-state index in [0.29, 0.717) is 34.8 Å². The lowest BCUT2D eigenvalue weighted by molar-refractivity contribution is 0.200. The van der Waals surface area contributed by atoms with Crippen LogP contribution in [0.5, 0.6) is 23.0 Å². The zero-order valence-electron chi connectivity index (χ0n) is 21.0. The van der Waals surface area contributed by atoms with Crippen LogP contribution in [0.1, 0.15) is 43.1 Å². The Morgan fingerprint density at radius 2 is 1.84 bits per heavy atom. The summed E-state index contributed by atoms with van der Waals surface area (Å²) in [5.41, 5.74) is 3.62. The average Bonchev–Trinajstić information content (AvgIpc) is 3.40. The van der Waals surface area contributed by atoms with E-state index in [1.54, 1.807) is 31.2 Å². The molecule has 5 nitrogen and oxygen atoms in total. The summed E-state index contributed by atoms with van der Waals surface area (Å²) < 4.78 is 53.3. The van der Waals surface area contributed by atoms with Crippen molar-refractivity contribution in [3.63, 3.8) is 0 Å². The number of halogens is 3. The number of ether oxygens (including phenoxy) is 2. The van der Waals surface area contributed by atoms with Crippen molar-refractivity contribution < 1.29 is 32.9 Å². The zero-order valence-corrected chi connectivity index (χ0v) is 21.0. The minimum Gasteiger partial charge on any atom is -0.508 e. The highest BCUT2D eigenvalue weighted by Gasteiger charge is 2.31. The Morgan fingerprint density at radius 3 is 2.53 bits per heavy atom. The summed E-state index contributed by atoms with van der Waals surface area (Å²) >= 11 is 0. The van der Waals surface area contributed by atoms with Crippen molar-refractivity contribution in [1.29, 1.82) is 0 Å². The molecule has 0 radical (unpaired) electrons. The molecule has 0 bridgehead atoms. The predicted molar refractivity (Wildman–Crippen MR) is 139 cm³/mol. The van der Waals surface area contributed by atoms with Gasteiger partial charge in [0.05, 0.1) is 6.04 Å². The highest BCUT2D eigenvalue weighted by molar-refractivity contribution is 5.96. The van der Waals surface area contributed by atoms with Gasteiger partial charge in [0.25, 0.3) is 0 Å². The maximum absolute atomic E-state index is 14.3. The highest BCUT2D eigenvalue weighted by Crippen LogP contribution is 2.48. The summed E-state index contributed by atoms with van der Waals surface area (Å²) in [6.07, 6.45) is 1.89. The molecule has 2 heterocycles. The van der Waals surface area contributed by atoms with Crippen molar-refractivity contribution in [2.45, 2.75) is 32.4 Å². The number of allylic oxidation sites excluding steroid dienone is 1. The number of benzene rings is 3. The third kappa shape index (κ3) is 4.90. The van der Waals surface area contributed by atoms with Crippen molar-refractivity contribution in [3.05, 3.63) is 94.7 Å². The lowest BCUT2D eigenvalue weighted by Gasteiger charge is -2.31. The van der Waals surface area contributed by atoms with Gasteiger partial charge in [0.2, 0.25) is 0 Å². The molecule has 2 atom stereocenters. The van der Waals surface area contributed by atoms with Gasteiger partial charge in [0, 0.05) is 23.9 Å². The van der Waals surface area contributed by atoms with E-state index in [1.807, 2.05) is 25.3 Å². The van der Waals surface area contributed by atoms with Crippen LogP contribution in [0.3, 0.4) is 0 Å². The molecule has 0 aliphatic carbocycles. The number of rotatable bonds is 7. The first-order chi connectivity index (χ1) is 18.2. The Morgan fingerprint density at radius 1 is 1.08 bits per heavy atom. The normalized spacial score (nSPS) is 17.7. The second-order valence-electron chi connectivity index (χ2n) is 9.65. The number of fused-ring (bicyclic) bond motifs is 1. The fraction of sp³-hybridized carbons (Fsp3) is 0.267. The Kier molecular flexibility index (Phi) is 6.97. The molecule has 38 heavy (non-hydrogen) atoms. The third-order valence-electron chi connectivity index (χ3n) is 7.05. The minimum atomic E-state index is -1.32. The summed E-state index contributed by atoms with van der Waals surface area (Å²) in [5.74, 6) is -2.09. The molecule has 2 N–H and O–H groups in total. The molecule has 0 amide bonds. The highest BCUT2D eigenvalue weighted by atomic mass is 19.2. The predicted octanol–water partition coefficient (Wildman–Crippen LogP) is 6.77. The summed E-state index contributed by atoms with van der Waals surface area (Å²) in [6, 6.07) is 14.3. The maximum atomic E-state index is 14.3. The number of hydrogen-bond donors (Lipinski definition) is 2. The summed E-state index contributed by atoms with van der Waals surface area (Å²) in [5, 5.41) is 20.0. The van der Waals surface area contributed by atoms with E-state index >= 15 is 0 Å². The second-order valence-corrected chi connectivity index (χ2v) is 9.65. The van der Waals surface area contributed by atoms with Gasteiger partial charge in [-0.05, 0) is 85.0 Å². The number of alkyl halides is 1. The molecule has 0 fully saturated rings. The molecule has 2 aliphatic rings. The van der Waals surface area contributed by atoms with Crippen molar-refractivity contribution >= 4 is 11.1 Å². The van der Waals surface area contributed by atoms with Crippen LogP contribution in [0, 0.1) is 11.6 Å². The average molecular weight is 524 g/mol. The lowest BCUT2D eigenvalue weighted by atomic mass is 9.86. The molecule has 0 spiro atoms. The van der Waals surface area contributed by atoms with E-state index in [0.717, 1.165) is 30.2 Å². The Labute approximate surface area is 219 Å². The molecule has 5 rings (SSSR count). The fourth-order valence-corrected chi connectivity index (χ4v) is 4.91. The molecule has 198 valence electrons. The van der Waals surface area contributed by atoms with E-state index in [9.17, 15) is 23.4 Å². The summed E-state index contributed by atoms with van der Waals surface area (Å²) in [6.45, 7) is 4.59. The first kappa shape index (κ1) is 25.6. The maximum Gasteiger partial charge on any atom is 0.200 e. The summed E-state index contributed by atoms with van der Waals surface area (Å²) in [4.78, 5) is 2.07. The fourth-order valence-electron chi connectivity index (χ4n) is 4.91. The van der Waals surface area contributed by atoms with E-state index in [2.05, 4.69) is 4.90 Å². The third-order valence-corrected chi connectivity index (χ3v) is 7.05. The van der Waals surface area contributed by atoms with Crippen LogP contribution in [0.15, 0.2) is 66.4 Å². The molecule has 2 aliphatic heterocycles. The molecular weight excluding hydrogens is 495 g/mol. The SMILES string of the molecule is CC1=C(c2cc(O)c(F)c(F)c2)C(c2ccc(OC[C@H](C)N3C=C(CF)CC3)cc2)Oc2ccc(O)cc21. The van der Waals surface area contributed by atoms with Gasteiger partial charge in [-0.1, -0.05) is 12.1 Å². The van der Waals surface area contributed by atoms with Crippen LogP contribution in [0.4, 0.5) is 13.2 Å². The number of nitrogens with zero attached hydrogens (tertiary/aromatic N) is 1. The molecule has 0 saturated heterocycles. The molecule has 0 aromatic heterocycles. The zero-order chi connectivity index (χ0) is 27.0. The topological polar surface area (TPSA) is 62.2 Å². The van der Waals surface area contributed by atoms with Gasteiger partial charge in [-0.15, -0.1) is 0 Å². The van der Waals surface area contributed by atoms with Crippen molar-refractivity contribution in [2.75, 3.05) is 19.8 Å². The minimum absolute atomic E-state index is 0.0405. The standard InChI is InChI=1S/C30H28F3NO4/c1-17(34-10-9-19(14-31)15-34)16-37-23-6-3-20(4-7-23)30-28(21-11-25(32)29(33)26(36)12-21)18(2)24-13-22(35)5-8-27(24)38-30/h3-8,11-13,15,17,30,35-36H,9-10,14,16H2,1-2H3/t17-,30?/m0/s1. The first-order valence-electron chi connectivity index (χ1n) is 12.4. The van der Waals surface area contributed by atoms with Gasteiger partial charge in [-0.25, -0.2) is 8.78 Å². The molecular formula is C30H28F3NO4. The van der Waals surface area contributed by atoms with Crippen LogP contribution in [0.2, 0.25) is 0 Å². The number of aromatic hydroxyl groups is 2. The van der Waals surface area contributed by atoms with E-state index in [1.165, 1.54) is 12.1 Å². The second kappa shape index (κ2) is 10.4. The van der Waals surface area contributed by atoms with Crippen LogP contribution in [-0.2, 0) is 0 Å². The van der Waals surface area contributed by atoms with Gasteiger partial charge >= 0.3 is 0 Å². The van der Waals surface area contributed by atoms with E-state index < -0.39 is 30.2 Å². The van der Waals surface area contributed by atoms with Crippen molar-refractivity contribution in [1.82, 2.24) is 4.90 Å². The largest absolute Gasteiger partial charge is 0.508 e. The summed E-state index contributed by atoms with van der Waals surface area (Å²) in [7, 11) is 0. The van der Waals surface area contributed by atoms with Gasteiger partial charge in [0.1, 0.15) is 36.6 Å². The quantitative estimate of drug-likeness (QED) is 0.358. The molecule has 0 saturated carbocycles. The van der Waals surface area contributed by atoms with Crippen molar-refractivity contribution in [2.24, 2.45) is 0 Å². The van der Waals surface area contributed by atoms with Crippen molar-refractivity contribution in [3.8, 4) is 23.0 Å². The van der Waals surface area contributed by atoms with Gasteiger partial charge in [-0.2, -0.15) is 4.39 Å². The Bertz CT molecular complexity index is 1390. The van der Waals surface area contributed by atoms with Gasteiger partial charge < -0.3 is 24.6 Å². The van der Waals surface area contributed by atoms with Crippen LogP contribution in [0.25, 0.3) is 11.1 Å². The number of hydrogen-bond acceptors (Lipinski definition) is 5. The van der Waals surface area contributed by atoms with Gasteiger partial charge in [-0.3, -0.25) is 0 Å². The smallest absolute Gasteiger partial charge is 0.200 e. The number of phenolic OH excluding ortho intramolecular Hbond substituents is 2.